The van der Waals surface area contributed by atoms with E-state index < -0.39 is 0 Å². The zero-order valence-corrected chi connectivity index (χ0v) is 20.0. The molecule has 1 unspecified atom stereocenters. The molecule has 31 heavy (non-hydrogen) atoms. The van der Waals surface area contributed by atoms with Crippen molar-refractivity contribution >= 4 is 50.6 Å². The Bertz CT molecular complexity index is 1260. The van der Waals surface area contributed by atoms with Crippen molar-refractivity contribution in [3.8, 4) is 10.4 Å². The molecule has 0 aliphatic carbocycles. The van der Waals surface area contributed by atoms with Gasteiger partial charge in [-0.2, -0.15) is 0 Å². The molecule has 4 aromatic rings. The summed E-state index contributed by atoms with van der Waals surface area (Å²) >= 11 is 4.35. The fourth-order valence-electron chi connectivity index (χ4n) is 3.33. The third-order valence-electron chi connectivity index (χ3n) is 5.16. The van der Waals surface area contributed by atoms with Crippen molar-refractivity contribution in [3.63, 3.8) is 0 Å². The SMILES string of the molecule is CCc1ccc(C(C)NC(=O)CSc2nc3scc(-c4cccs4)c3c(=O)n2C)cc1. The van der Waals surface area contributed by atoms with E-state index in [9.17, 15) is 9.59 Å². The van der Waals surface area contributed by atoms with Gasteiger partial charge in [-0.05, 0) is 35.9 Å². The fourth-order valence-corrected chi connectivity index (χ4v) is 5.92. The maximum atomic E-state index is 13.0. The second-order valence-corrected chi connectivity index (χ2v) is 9.99. The van der Waals surface area contributed by atoms with Gasteiger partial charge in [0.25, 0.3) is 5.56 Å². The predicted octanol–water partition coefficient (Wildman–Crippen LogP) is 5.26. The van der Waals surface area contributed by atoms with Crippen LogP contribution in [-0.2, 0) is 18.3 Å². The summed E-state index contributed by atoms with van der Waals surface area (Å²) in [6.07, 6.45) is 0.993. The van der Waals surface area contributed by atoms with Crippen LogP contribution in [0.4, 0.5) is 0 Å². The molecule has 4 rings (SSSR count). The van der Waals surface area contributed by atoms with E-state index in [2.05, 4.69) is 41.5 Å². The van der Waals surface area contributed by atoms with Crippen molar-refractivity contribution in [1.29, 1.82) is 0 Å². The molecule has 8 heteroatoms. The lowest BCUT2D eigenvalue weighted by Crippen LogP contribution is -2.28. The van der Waals surface area contributed by atoms with Gasteiger partial charge in [-0.25, -0.2) is 4.98 Å². The Kier molecular flexibility index (Phi) is 6.60. The minimum Gasteiger partial charge on any atom is -0.349 e. The van der Waals surface area contributed by atoms with E-state index in [4.69, 9.17) is 0 Å². The van der Waals surface area contributed by atoms with Gasteiger partial charge < -0.3 is 5.32 Å². The number of carbonyl (C=O) groups is 1. The number of thioether (sulfide) groups is 1. The molecule has 0 spiro atoms. The maximum absolute atomic E-state index is 13.0. The zero-order chi connectivity index (χ0) is 22.0. The molecule has 0 aliphatic heterocycles. The molecule has 3 heterocycles. The Balaban J connectivity index is 1.46. The quantitative estimate of drug-likeness (QED) is 0.296. The fraction of sp³-hybridized carbons (Fsp3) is 0.261. The molecule has 0 saturated carbocycles. The van der Waals surface area contributed by atoms with Gasteiger partial charge >= 0.3 is 0 Å². The average Bonchev–Trinajstić information content (AvgIpc) is 3.45. The monoisotopic (exact) mass is 469 g/mol. The highest BCUT2D eigenvalue weighted by atomic mass is 32.2. The standard InChI is InChI=1S/C23H23N3O2S3/c1-4-15-7-9-16(10-8-15)14(2)24-19(27)13-31-23-25-21-20(22(28)26(23)3)17(12-30-21)18-6-5-11-29-18/h5-12,14H,4,13H2,1-3H3,(H,24,27). The van der Waals surface area contributed by atoms with Gasteiger partial charge in [-0.3, -0.25) is 14.2 Å². The van der Waals surface area contributed by atoms with Crippen LogP contribution in [0.5, 0.6) is 0 Å². The Labute approximate surface area is 193 Å². The summed E-state index contributed by atoms with van der Waals surface area (Å²) in [5, 5.41) is 8.20. The predicted molar refractivity (Wildman–Crippen MR) is 131 cm³/mol. The van der Waals surface area contributed by atoms with Crippen molar-refractivity contribution in [2.75, 3.05) is 5.75 Å². The van der Waals surface area contributed by atoms with E-state index in [0.717, 1.165) is 22.4 Å². The number of thiophene rings is 2. The first-order valence-electron chi connectivity index (χ1n) is 10.0. The van der Waals surface area contributed by atoms with Crippen LogP contribution in [0.1, 0.15) is 31.0 Å². The van der Waals surface area contributed by atoms with Gasteiger partial charge in [-0.15, -0.1) is 22.7 Å². The van der Waals surface area contributed by atoms with Crippen molar-refractivity contribution in [3.05, 3.63) is 68.6 Å². The summed E-state index contributed by atoms with van der Waals surface area (Å²) < 4.78 is 1.54. The van der Waals surface area contributed by atoms with E-state index in [1.807, 2.05) is 29.8 Å². The van der Waals surface area contributed by atoms with E-state index in [-0.39, 0.29) is 23.3 Å². The summed E-state index contributed by atoms with van der Waals surface area (Å²) in [4.78, 5) is 31.9. The number of fused-ring (bicyclic) bond motifs is 1. The average molecular weight is 470 g/mol. The smallest absolute Gasteiger partial charge is 0.263 e. The summed E-state index contributed by atoms with van der Waals surface area (Å²) in [5.41, 5.74) is 3.19. The first kappa shape index (κ1) is 21.8. The summed E-state index contributed by atoms with van der Waals surface area (Å²) in [7, 11) is 1.71. The van der Waals surface area contributed by atoms with E-state index >= 15 is 0 Å². The number of carbonyl (C=O) groups excluding carboxylic acids is 1. The highest BCUT2D eigenvalue weighted by Crippen LogP contribution is 2.34. The molecule has 1 N–H and O–H groups in total. The number of benzene rings is 1. The van der Waals surface area contributed by atoms with Crippen molar-refractivity contribution < 1.29 is 4.79 Å². The molecule has 1 atom stereocenters. The molecular formula is C23H23N3O2S3. The van der Waals surface area contributed by atoms with Crippen LogP contribution in [0, 0.1) is 0 Å². The van der Waals surface area contributed by atoms with Crippen molar-refractivity contribution in [2.45, 2.75) is 31.5 Å². The Hall–Kier alpha value is -2.42. The van der Waals surface area contributed by atoms with Crippen molar-refractivity contribution in [1.82, 2.24) is 14.9 Å². The minimum absolute atomic E-state index is 0.0797. The molecule has 0 saturated heterocycles. The number of hydrogen-bond donors (Lipinski definition) is 1. The molecule has 0 fully saturated rings. The molecule has 3 aromatic heterocycles. The number of nitrogens with zero attached hydrogens (tertiary/aromatic N) is 2. The minimum atomic E-state index is -0.0862. The van der Waals surface area contributed by atoms with Gasteiger partial charge in [0, 0.05) is 22.9 Å². The first-order valence-corrected chi connectivity index (χ1v) is 12.8. The topological polar surface area (TPSA) is 64.0 Å². The molecule has 160 valence electrons. The number of nitrogens with one attached hydrogen (secondary N) is 1. The Morgan fingerprint density at radius 1 is 1.23 bits per heavy atom. The van der Waals surface area contributed by atoms with Crippen LogP contribution in [-0.4, -0.2) is 21.2 Å². The first-order chi connectivity index (χ1) is 15.0. The van der Waals surface area contributed by atoms with Crippen LogP contribution in [0.15, 0.2) is 57.1 Å². The number of aromatic nitrogens is 2. The van der Waals surface area contributed by atoms with E-state index in [0.29, 0.717) is 15.4 Å². The lowest BCUT2D eigenvalue weighted by molar-refractivity contribution is -0.119. The highest BCUT2D eigenvalue weighted by molar-refractivity contribution is 7.99. The summed E-state index contributed by atoms with van der Waals surface area (Å²) in [6.45, 7) is 4.09. The Morgan fingerprint density at radius 3 is 2.68 bits per heavy atom. The molecule has 0 aliphatic rings. The van der Waals surface area contributed by atoms with Gasteiger partial charge in [0.05, 0.1) is 17.2 Å². The van der Waals surface area contributed by atoms with Gasteiger partial charge in [0.15, 0.2) is 5.16 Å². The largest absolute Gasteiger partial charge is 0.349 e. The third-order valence-corrected chi connectivity index (χ3v) is 7.96. The summed E-state index contributed by atoms with van der Waals surface area (Å²) in [5.74, 6) is 0.114. The molecule has 1 aromatic carbocycles. The van der Waals surface area contributed by atoms with E-state index in [1.54, 1.807) is 18.4 Å². The molecule has 1 amide bonds. The lowest BCUT2D eigenvalue weighted by Gasteiger charge is -2.15. The molecule has 5 nitrogen and oxygen atoms in total. The van der Waals surface area contributed by atoms with Crippen LogP contribution >= 0.6 is 34.4 Å². The normalized spacial score (nSPS) is 12.2. The molecular weight excluding hydrogens is 446 g/mol. The van der Waals surface area contributed by atoms with Crippen LogP contribution in [0.25, 0.3) is 20.7 Å². The third kappa shape index (κ3) is 4.61. The second kappa shape index (κ2) is 9.38. The number of rotatable bonds is 7. The lowest BCUT2D eigenvalue weighted by atomic mass is 10.1. The van der Waals surface area contributed by atoms with Crippen LogP contribution in [0.3, 0.4) is 0 Å². The molecule has 0 radical (unpaired) electrons. The van der Waals surface area contributed by atoms with Gasteiger partial charge in [-0.1, -0.05) is 49.0 Å². The molecule has 0 bridgehead atoms. The number of hydrogen-bond acceptors (Lipinski definition) is 6. The van der Waals surface area contributed by atoms with Crippen molar-refractivity contribution in [2.24, 2.45) is 7.05 Å². The van der Waals surface area contributed by atoms with E-state index in [1.165, 1.54) is 33.2 Å². The maximum Gasteiger partial charge on any atom is 0.263 e. The van der Waals surface area contributed by atoms with Crippen LogP contribution < -0.4 is 10.9 Å². The highest BCUT2D eigenvalue weighted by Gasteiger charge is 2.17. The number of aryl methyl sites for hydroxylation is 1. The zero-order valence-electron chi connectivity index (χ0n) is 17.5. The second-order valence-electron chi connectivity index (χ2n) is 7.24. The number of amides is 1. The summed E-state index contributed by atoms with van der Waals surface area (Å²) in [6, 6.07) is 12.2. The van der Waals surface area contributed by atoms with Gasteiger partial charge in [0.2, 0.25) is 5.91 Å². The van der Waals surface area contributed by atoms with Crippen LogP contribution in [0.2, 0.25) is 0 Å². The van der Waals surface area contributed by atoms with Gasteiger partial charge in [0.1, 0.15) is 4.83 Å². The Morgan fingerprint density at radius 2 is 2.00 bits per heavy atom.